The summed E-state index contributed by atoms with van der Waals surface area (Å²) in [6.45, 7) is 1.53. The van der Waals surface area contributed by atoms with Gasteiger partial charge < -0.3 is 8.98 Å². The molecule has 0 unspecified atom stereocenters. The van der Waals surface area contributed by atoms with Crippen molar-refractivity contribution < 1.29 is 8.81 Å². The Balaban J connectivity index is 1.57. The van der Waals surface area contributed by atoms with E-state index >= 15 is 0 Å². The third-order valence-electron chi connectivity index (χ3n) is 4.43. The highest BCUT2D eigenvalue weighted by atomic mass is 19.1. The first-order valence-corrected chi connectivity index (χ1v) is 8.56. The lowest BCUT2D eigenvalue weighted by Crippen LogP contribution is -2.23. The number of rotatable bonds is 5. The molecule has 0 spiro atoms. The van der Waals surface area contributed by atoms with Crippen molar-refractivity contribution in [3.8, 4) is 0 Å². The quantitative estimate of drug-likeness (QED) is 0.515. The Morgan fingerprint density at radius 1 is 1.14 bits per heavy atom. The standard InChI is InChI=1S/C18H17FN6O3/c1-11-3-5-12(6-4-11)13(19)7-25-18(27)28-14(22-25)8-24-10-21-16-15(17(24)26)23(2)9-20-16/h3-6,9-10,13H,7-8H2,1-2H3/t13-/m1/s1. The normalized spacial score (nSPS) is 12.5. The molecular formula is C18H17FN6O3. The fraction of sp³-hybridized carbons (Fsp3) is 0.278. The van der Waals surface area contributed by atoms with Crippen LogP contribution in [0.2, 0.25) is 0 Å². The Morgan fingerprint density at radius 2 is 1.86 bits per heavy atom. The van der Waals surface area contributed by atoms with Gasteiger partial charge in [-0.3, -0.25) is 9.36 Å². The van der Waals surface area contributed by atoms with E-state index in [9.17, 15) is 14.0 Å². The number of aryl methyl sites for hydroxylation is 2. The summed E-state index contributed by atoms with van der Waals surface area (Å²) < 4.78 is 23.3. The Bertz CT molecular complexity index is 1250. The third-order valence-corrected chi connectivity index (χ3v) is 4.43. The number of halogens is 1. The van der Waals surface area contributed by atoms with Gasteiger partial charge in [-0.1, -0.05) is 29.8 Å². The number of fused-ring (bicyclic) bond motifs is 1. The topological polar surface area (TPSA) is 101 Å². The molecule has 0 saturated heterocycles. The van der Waals surface area contributed by atoms with E-state index in [1.165, 1.54) is 17.2 Å². The predicted molar refractivity (Wildman–Crippen MR) is 97.7 cm³/mol. The van der Waals surface area contributed by atoms with E-state index < -0.39 is 11.9 Å². The van der Waals surface area contributed by atoms with E-state index in [0.29, 0.717) is 16.7 Å². The number of imidazole rings is 1. The van der Waals surface area contributed by atoms with Gasteiger partial charge in [0.05, 0.1) is 12.9 Å². The Kier molecular flexibility index (Phi) is 4.38. The van der Waals surface area contributed by atoms with Crippen LogP contribution < -0.4 is 11.3 Å². The fourth-order valence-corrected chi connectivity index (χ4v) is 2.89. The molecule has 4 aromatic rings. The zero-order chi connectivity index (χ0) is 19.8. The molecule has 0 fully saturated rings. The van der Waals surface area contributed by atoms with Crippen molar-refractivity contribution in [3.63, 3.8) is 0 Å². The summed E-state index contributed by atoms with van der Waals surface area (Å²) in [5, 5.41) is 4.01. The summed E-state index contributed by atoms with van der Waals surface area (Å²) >= 11 is 0. The summed E-state index contributed by atoms with van der Waals surface area (Å²) in [5.41, 5.74) is 1.78. The van der Waals surface area contributed by atoms with E-state index in [1.807, 2.05) is 6.92 Å². The van der Waals surface area contributed by atoms with Crippen LogP contribution in [0.5, 0.6) is 0 Å². The molecule has 144 valence electrons. The number of hydrogen-bond acceptors (Lipinski definition) is 6. The first-order chi connectivity index (χ1) is 13.4. The molecule has 0 aliphatic rings. The average Bonchev–Trinajstić information content (AvgIpc) is 3.21. The van der Waals surface area contributed by atoms with Crippen LogP contribution in [0.15, 0.2) is 50.9 Å². The van der Waals surface area contributed by atoms with Gasteiger partial charge in [-0.2, -0.15) is 4.68 Å². The van der Waals surface area contributed by atoms with Crippen LogP contribution >= 0.6 is 0 Å². The minimum absolute atomic E-state index is 0.00785. The Labute approximate surface area is 157 Å². The van der Waals surface area contributed by atoms with Gasteiger partial charge in [-0.25, -0.2) is 19.2 Å². The van der Waals surface area contributed by atoms with Gasteiger partial charge in [0.15, 0.2) is 11.2 Å². The molecule has 28 heavy (non-hydrogen) atoms. The zero-order valence-corrected chi connectivity index (χ0v) is 15.2. The highest BCUT2D eigenvalue weighted by Crippen LogP contribution is 2.19. The third kappa shape index (κ3) is 3.24. The van der Waals surface area contributed by atoms with Crippen LogP contribution in [0, 0.1) is 6.92 Å². The van der Waals surface area contributed by atoms with Crippen LogP contribution in [0.4, 0.5) is 4.39 Å². The summed E-state index contributed by atoms with van der Waals surface area (Å²) in [6, 6.07) is 6.93. The number of alkyl halides is 1. The molecule has 0 saturated carbocycles. The highest BCUT2D eigenvalue weighted by Gasteiger charge is 2.17. The van der Waals surface area contributed by atoms with E-state index in [4.69, 9.17) is 4.42 Å². The SMILES string of the molecule is Cc1ccc([C@H](F)Cn2nc(Cn3cnc4ncn(C)c4c3=O)oc2=O)cc1. The molecule has 1 aromatic carbocycles. The van der Waals surface area contributed by atoms with E-state index in [2.05, 4.69) is 15.1 Å². The summed E-state index contributed by atoms with van der Waals surface area (Å²) in [4.78, 5) is 32.7. The number of benzene rings is 1. The maximum absolute atomic E-state index is 14.5. The number of aromatic nitrogens is 6. The number of nitrogens with zero attached hydrogens (tertiary/aromatic N) is 6. The molecule has 9 nitrogen and oxygen atoms in total. The molecule has 10 heteroatoms. The lowest BCUT2D eigenvalue weighted by atomic mass is 10.1. The van der Waals surface area contributed by atoms with Gasteiger partial charge in [-0.15, -0.1) is 5.10 Å². The smallest absolute Gasteiger partial charge is 0.390 e. The minimum atomic E-state index is -1.41. The molecule has 0 amide bonds. The Hall–Kier alpha value is -3.56. The highest BCUT2D eigenvalue weighted by molar-refractivity contribution is 5.68. The minimum Gasteiger partial charge on any atom is -0.390 e. The molecular weight excluding hydrogens is 367 g/mol. The van der Waals surface area contributed by atoms with Crippen molar-refractivity contribution in [3.05, 3.63) is 74.8 Å². The average molecular weight is 384 g/mol. The second-order valence-corrected chi connectivity index (χ2v) is 6.53. The lowest BCUT2D eigenvalue weighted by Gasteiger charge is -2.07. The fourth-order valence-electron chi connectivity index (χ4n) is 2.89. The summed E-state index contributed by atoms with van der Waals surface area (Å²) in [5.74, 6) is -0.793. The van der Waals surface area contributed by atoms with E-state index in [-0.39, 0.29) is 24.5 Å². The van der Waals surface area contributed by atoms with Crippen LogP contribution in [0.1, 0.15) is 23.2 Å². The molecule has 0 N–H and O–H groups in total. The van der Waals surface area contributed by atoms with Crippen LogP contribution in [-0.2, 0) is 20.1 Å². The van der Waals surface area contributed by atoms with Gasteiger partial charge in [0.1, 0.15) is 19.0 Å². The molecule has 4 rings (SSSR count). The summed E-state index contributed by atoms with van der Waals surface area (Å²) in [7, 11) is 1.68. The molecule has 3 heterocycles. The van der Waals surface area contributed by atoms with Gasteiger partial charge in [0.25, 0.3) is 5.56 Å². The van der Waals surface area contributed by atoms with Gasteiger partial charge in [-0.05, 0) is 12.5 Å². The predicted octanol–water partition coefficient (Wildman–Crippen LogP) is 1.35. The van der Waals surface area contributed by atoms with E-state index in [1.54, 1.807) is 35.9 Å². The Morgan fingerprint density at radius 3 is 2.61 bits per heavy atom. The lowest BCUT2D eigenvalue weighted by molar-refractivity contribution is 0.283. The van der Waals surface area contributed by atoms with Crippen molar-refractivity contribution in [2.75, 3.05) is 0 Å². The van der Waals surface area contributed by atoms with Crippen LogP contribution in [-0.4, -0.2) is 28.9 Å². The molecule has 3 aromatic heterocycles. The van der Waals surface area contributed by atoms with Crippen molar-refractivity contribution in [1.82, 2.24) is 28.9 Å². The molecule has 0 aliphatic heterocycles. The van der Waals surface area contributed by atoms with Gasteiger partial charge >= 0.3 is 5.76 Å². The van der Waals surface area contributed by atoms with Crippen molar-refractivity contribution in [2.24, 2.45) is 7.05 Å². The zero-order valence-electron chi connectivity index (χ0n) is 15.2. The van der Waals surface area contributed by atoms with Gasteiger partial charge in [0.2, 0.25) is 5.89 Å². The number of hydrogen-bond donors (Lipinski definition) is 0. The molecule has 0 aliphatic carbocycles. The summed E-state index contributed by atoms with van der Waals surface area (Å²) in [6.07, 6.45) is 1.39. The first kappa shape index (κ1) is 17.8. The van der Waals surface area contributed by atoms with Gasteiger partial charge in [0, 0.05) is 7.05 Å². The maximum atomic E-state index is 14.5. The molecule has 0 radical (unpaired) electrons. The van der Waals surface area contributed by atoms with Crippen molar-refractivity contribution >= 4 is 11.2 Å². The monoisotopic (exact) mass is 384 g/mol. The largest absolute Gasteiger partial charge is 0.437 e. The van der Waals surface area contributed by atoms with Crippen LogP contribution in [0.3, 0.4) is 0 Å². The van der Waals surface area contributed by atoms with E-state index in [0.717, 1.165) is 10.2 Å². The second kappa shape index (κ2) is 6.87. The second-order valence-electron chi connectivity index (χ2n) is 6.53. The molecule has 0 bridgehead atoms. The maximum Gasteiger partial charge on any atom is 0.437 e. The van der Waals surface area contributed by atoms with Crippen molar-refractivity contribution in [2.45, 2.75) is 26.2 Å². The van der Waals surface area contributed by atoms with Crippen molar-refractivity contribution in [1.29, 1.82) is 0 Å². The molecule has 1 atom stereocenters. The first-order valence-electron chi connectivity index (χ1n) is 8.56. The van der Waals surface area contributed by atoms with Crippen LogP contribution in [0.25, 0.3) is 11.2 Å².